The Balaban J connectivity index is 2.30. The van der Waals surface area contributed by atoms with Gasteiger partial charge < -0.3 is 11.1 Å². The second-order valence-electron chi connectivity index (χ2n) is 3.99. The van der Waals surface area contributed by atoms with Gasteiger partial charge in [0.25, 0.3) is 5.91 Å². The molecule has 100 valence electrons. The molecule has 0 saturated heterocycles. The van der Waals surface area contributed by atoms with Crippen molar-refractivity contribution in [3.05, 3.63) is 57.0 Å². The van der Waals surface area contributed by atoms with Crippen LogP contribution in [0.4, 0.5) is 11.4 Å². The Morgan fingerprint density at radius 1 is 1.30 bits per heavy atom. The molecule has 0 saturated carbocycles. The van der Waals surface area contributed by atoms with Gasteiger partial charge >= 0.3 is 0 Å². The second kappa shape index (κ2) is 5.95. The van der Waals surface area contributed by atoms with Crippen LogP contribution in [-0.4, -0.2) is 5.91 Å². The molecule has 4 nitrogen and oxygen atoms in total. The molecule has 0 atom stereocenters. The van der Waals surface area contributed by atoms with Crippen LogP contribution in [-0.2, 0) is 0 Å². The number of halogens is 2. The van der Waals surface area contributed by atoms with Crippen molar-refractivity contribution in [2.24, 2.45) is 0 Å². The predicted molar refractivity (Wildman–Crippen MR) is 82.7 cm³/mol. The minimum Gasteiger partial charge on any atom is -0.398 e. The Kier molecular flexibility index (Phi) is 4.28. The van der Waals surface area contributed by atoms with Gasteiger partial charge in [0.1, 0.15) is 0 Å². The van der Waals surface area contributed by atoms with Crippen LogP contribution >= 0.6 is 27.5 Å². The highest BCUT2D eigenvalue weighted by atomic mass is 79.9. The number of carbonyl (C=O) groups excluding carboxylic acids is 1. The Bertz CT molecular complexity index is 725. The van der Waals surface area contributed by atoms with Crippen LogP contribution < -0.4 is 11.1 Å². The molecule has 6 heteroatoms. The zero-order chi connectivity index (χ0) is 14.7. The lowest BCUT2D eigenvalue weighted by Crippen LogP contribution is -2.14. The van der Waals surface area contributed by atoms with Crippen LogP contribution in [0.1, 0.15) is 15.9 Å². The van der Waals surface area contributed by atoms with Gasteiger partial charge in [0.2, 0.25) is 0 Å². The molecule has 1 amide bonds. The first kappa shape index (κ1) is 14.4. The van der Waals surface area contributed by atoms with Gasteiger partial charge in [-0.15, -0.1) is 0 Å². The van der Waals surface area contributed by atoms with Gasteiger partial charge in [0.15, 0.2) is 0 Å². The van der Waals surface area contributed by atoms with Crippen LogP contribution in [0.2, 0.25) is 5.02 Å². The van der Waals surface area contributed by atoms with E-state index in [4.69, 9.17) is 22.6 Å². The van der Waals surface area contributed by atoms with E-state index >= 15 is 0 Å². The fourth-order valence-electron chi connectivity index (χ4n) is 1.62. The summed E-state index contributed by atoms with van der Waals surface area (Å²) >= 11 is 9.26. The lowest BCUT2D eigenvalue weighted by atomic mass is 10.1. The van der Waals surface area contributed by atoms with E-state index in [0.717, 1.165) is 4.47 Å². The van der Waals surface area contributed by atoms with E-state index in [1.165, 1.54) is 6.07 Å². The van der Waals surface area contributed by atoms with Crippen LogP contribution in [0.25, 0.3) is 0 Å². The van der Waals surface area contributed by atoms with Gasteiger partial charge in [-0.1, -0.05) is 27.5 Å². The van der Waals surface area contributed by atoms with Gasteiger partial charge in [-0.2, -0.15) is 5.26 Å². The SMILES string of the molecule is N#Cc1ccc(Cl)c(NC(=O)c2ccc(Br)cc2N)c1. The molecule has 0 aliphatic carbocycles. The number of amides is 1. The number of nitrogen functional groups attached to an aromatic ring is 1. The summed E-state index contributed by atoms with van der Waals surface area (Å²) in [4.78, 5) is 12.2. The second-order valence-corrected chi connectivity index (χ2v) is 5.32. The average Bonchev–Trinajstić information content (AvgIpc) is 2.41. The molecule has 0 radical (unpaired) electrons. The maximum Gasteiger partial charge on any atom is 0.257 e. The van der Waals surface area contributed by atoms with Crippen molar-refractivity contribution >= 4 is 44.8 Å². The molecular formula is C14H9BrClN3O. The first-order valence-corrected chi connectivity index (χ1v) is 6.74. The Hall–Kier alpha value is -2.03. The van der Waals surface area contributed by atoms with Crippen LogP contribution in [0.5, 0.6) is 0 Å². The van der Waals surface area contributed by atoms with Crippen LogP contribution in [0.3, 0.4) is 0 Å². The van der Waals surface area contributed by atoms with E-state index in [1.54, 1.807) is 30.3 Å². The summed E-state index contributed by atoms with van der Waals surface area (Å²) in [6.45, 7) is 0. The molecule has 3 N–H and O–H groups in total. The number of nitrogens with zero attached hydrogens (tertiary/aromatic N) is 1. The third-order valence-corrected chi connectivity index (χ3v) is 3.42. The first-order chi connectivity index (χ1) is 9.51. The summed E-state index contributed by atoms with van der Waals surface area (Å²) < 4.78 is 0.788. The van der Waals surface area contributed by atoms with E-state index in [-0.39, 0.29) is 5.91 Å². The van der Waals surface area contributed by atoms with Crippen molar-refractivity contribution in [1.29, 1.82) is 5.26 Å². The van der Waals surface area contributed by atoms with E-state index < -0.39 is 0 Å². The number of rotatable bonds is 2. The molecule has 0 aromatic heterocycles. The number of nitrogens with one attached hydrogen (secondary N) is 1. The minimum atomic E-state index is -0.382. The third-order valence-electron chi connectivity index (χ3n) is 2.60. The normalized spacial score (nSPS) is 9.85. The van der Waals surface area contributed by atoms with E-state index in [0.29, 0.717) is 27.5 Å². The quantitative estimate of drug-likeness (QED) is 0.808. The molecular weight excluding hydrogens is 342 g/mol. The Morgan fingerprint density at radius 3 is 2.70 bits per heavy atom. The molecule has 2 aromatic rings. The molecule has 0 unspecified atom stereocenters. The highest BCUT2D eigenvalue weighted by molar-refractivity contribution is 9.10. The average molecular weight is 351 g/mol. The highest BCUT2D eigenvalue weighted by Crippen LogP contribution is 2.25. The summed E-state index contributed by atoms with van der Waals surface area (Å²) in [7, 11) is 0. The van der Waals surface area contributed by atoms with E-state index in [9.17, 15) is 4.79 Å². The fraction of sp³-hybridized carbons (Fsp3) is 0. The summed E-state index contributed by atoms with van der Waals surface area (Å²) in [6, 6.07) is 11.6. The summed E-state index contributed by atoms with van der Waals surface area (Å²) in [6.07, 6.45) is 0. The number of hydrogen-bond acceptors (Lipinski definition) is 3. The van der Waals surface area contributed by atoms with E-state index in [2.05, 4.69) is 21.2 Å². The van der Waals surface area contributed by atoms with E-state index in [1.807, 2.05) is 6.07 Å². The smallest absolute Gasteiger partial charge is 0.257 e. The first-order valence-electron chi connectivity index (χ1n) is 5.57. The lowest BCUT2D eigenvalue weighted by Gasteiger charge is -2.09. The highest BCUT2D eigenvalue weighted by Gasteiger charge is 2.12. The lowest BCUT2D eigenvalue weighted by molar-refractivity contribution is 0.102. The number of nitrogens with two attached hydrogens (primary N) is 1. The fourth-order valence-corrected chi connectivity index (χ4v) is 2.16. The standard InChI is InChI=1S/C14H9BrClN3O/c15-9-2-3-10(12(18)6-9)14(20)19-13-5-8(7-17)1-4-11(13)16/h1-6H,18H2,(H,19,20). The van der Waals surface area contributed by atoms with Crippen molar-refractivity contribution in [2.75, 3.05) is 11.1 Å². The molecule has 0 aliphatic rings. The molecule has 0 fully saturated rings. The maximum absolute atomic E-state index is 12.2. The van der Waals surface area contributed by atoms with Crippen molar-refractivity contribution in [3.63, 3.8) is 0 Å². The van der Waals surface area contributed by atoms with Gasteiger partial charge in [0, 0.05) is 10.2 Å². The summed E-state index contributed by atoms with van der Waals surface area (Å²) in [5.74, 6) is -0.382. The van der Waals surface area contributed by atoms with Crippen molar-refractivity contribution in [1.82, 2.24) is 0 Å². The van der Waals surface area contributed by atoms with Crippen molar-refractivity contribution < 1.29 is 4.79 Å². The molecule has 2 aromatic carbocycles. The summed E-state index contributed by atoms with van der Waals surface area (Å²) in [5, 5.41) is 11.8. The summed E-state index contributed by atoms with van der Waals surface area (Å²) in [5.41, 5.74) is 7.27. The zero-order valence-corrected chi connectivity index (χ0v) is 12.5. The van der Waals surface area contributed by atoms with Crippen molar-refractivity contribution in [3.8, 4) is 6.07 Å². The molecule has 0 aliphatic heterocycles. The molecule has 0 heterocycles. The maximum atomic E-state index is 12.2. The van der Waals surface area contributed by atoms with Crippen LogP contribution in [0, 0.1) is 11.3 Å². The third kappa shape index (κ3) is 3.10. The molecule has 20 heavy (non-hydrogen) atoms. The van der Waals surface area contributed by atoms with Gasteiger partial charge in [-0.3, -0.25) is 4.79 Å². The number of anilines is 2. The van der Waals surface area contributed by atoms with Crippen LogP contribution in [0.15, 0.2) is 40.9 Å². The molecule has 0 bridgehead atoms. The monoisotopic (exact) mass is 349 g/mol. The number of hydrogen-bond donors (Lipinski definition) is 2. The molecule has 2 rings (SSSR count). The Morgan fingerprint density at radius 2 is 2.05 bits per heavy atom. The van der Waals surface area contributed by atoms with Gasteiger partial charge in [-0.25, -0.2) is 0 Å². The largest absolute Gasteiger partial charge is 0.398 e. The Labute approximate surface area is 129 Å². The van der Waals surface area contributed by atoms with Gasteiger partial charge in [-0.05, 0) is 36.4 Å². The molecule has 0 spiro atoms. The van der Waals surface area contributed by atoms with Gasteiger partial charge in [0.05, 0.1) is 27.9 Å². The van der Waals surface area contributed by atoms with Crippen molar-refractivity contribution in [2.45, 2.75) is 0 Å². The zero-order valence-electron chi connectivity index (χ0n) is 10.2. The number of benzene rings is 2. The number of nitriles is 1. The number of carbonyl (C=O) groups is 1. The minimum absolute atomic E-state index is 0.339. The topological polar surface area (TPSA) is 78.9 Å². The predicted octanol–water partition coefficient (Wildman–Crippen LogP) is 3.81.